The second-order valence-electron chi connectivity index (χ2n) is 8.39. The molecule has 0 radical (unpaired) electrons. The molecule has 3 aromatic heterocycles. The molecule has 1 aliphatic carbocycles. The Bertz CT molecular complexity index is 1460. The number of H-pyrrole nitrogens is 1. The fourth-order valence-corrected chi connectivity index (χ4v) is 4.61. The standard InChI is InChI=1S/C21H17F5N6O2/c1-31-10-27-30-18(31)19(8-20(22,23)9-19)11-3-2-4-12(5-11)32-6-13(21(24,25)26)15-16(17(32)34)29-14(7-33)28-15/h2-6,10,33H,7-9H2,1H3,(H,28,29). The average molecular weight is 480 g/mol. The normalized spacial score (nSPS) is 17.1. The third-order valence-electron chi connectivity index (χ3n) is 6.09. The van der Waals surface area contributed by atoms with Crippen LogP contribution in [0.4, 0.5) is 22.0 Å². The minimum atomic E-state index is -4.84. The minimum absolute atomic E-state index is 0.0480. The number of aromatic amines is 1. The third-order valence-corrected chi connectivity index (χ3v) is 6.09. The Balaban J connectivity index is 1.71. The highest BCUT2D eigenvalue weighted by atomic mass is 19.4. The van der Waals surface area contributed by atoms with Crippen LogP contribution in [0.15, 0.2) is 41.6 Å². The van der Waals surface area contributed by atoms with E-state index in [2.05, 4.69) is 20.2 Å². The van der Waals surface area contributed by atoms with E-state index in [0.717, 1.165) is 4.57 Å². The average Bonchev–Trinajstić information content (AvgIpc) is 3.38. The Hall–Kier alpha value is -3.61. The molecule has 0 saturated heterocycles. The van der Waals surface area contributed by atoms with Crippen LogP contribution >= 0.6 is 0 Å². The number of benzene rings is 1. The lowest BCUT2D eigenvalue weighted by Crippen LogP contribution is -2.51. The van der Waals surface area contributed by atoms with Crippen LogP contribution < -0.4 is 5.56 Å². The lowest BCUT2D eigenvalue weighted by atomic mass is 9.61. The molecule has 0 unspecified atom stereocenters. The summed E-state index contributed by atoms with van der Waals surface area (Å²) in [7, 11) is 1.61. The fourth-order valence-electron chi connectivity index (χ4n) is 4.61. The van der Waals surface area contributed by atoms with Crippen LogP contribution in [-0.4, -0.2) is 40.3 Å². The number of pyridine rings is 1. The fraction of sp³-hybridized carbons (Fsp3) is 0.333. The molecule has 13 heteroatoms. The molecule has 0 aliphatic heterocycles. The SMILES string of the molecule is Cn1cnnc1C1(c2cccc(-n3cc(C(F)(F)F)c4nc(CO)[nH]c4c3=O)c2)CC(F)(F)C1. The molecule has 178 valence electrons. The molecule has 34 heavy (non-hydrogen) atoms. The molecule has 8 nitrogen and oxygen atoms in total. The maximum atomic E-state index is 14.1. The topological polar surface area (TPSA) is 102 Å². The van der Waals surface area contributed by atoms with Gasteiger partial charge in [0.25, 0.3) is 11.5 Å². The van der Waals surface area contributed by atoms with E-state index in [4.69, 9.17) is 0 Å². The molecular formula is C21H17F5N6O2. The quantitative estimate of drug-likeness (QED) is 0.438. The van der Waals surface area contributed by atoms with Gasteiger partial charge in [0.05, 0.1) is 5.41 Å². The molecule has 0 bridgehead atoms. The zero-order valence-corrected chi connectivity index (χ0v) is 17.6. The van der Waals surface area contributed by atoms with Gasteiger partial charge in [-0.15, -0.1) is 10.2 Å². The Morgan fingerprint density at radius 1 is 1.24 bits per heavy atom. The highest BCUT2D eigenvalue weighted by molar-refractivity contribution is 5.78. The minimum Gasteiger partial charge on any atom is -0.388 e. The maximum Gasteiger partial charge on any atom is 0.419 e. The zero-order valence-electron chi connectivity index (χ0n) is 17.6. The number of nitrogens with one attached hydrogen (secondary N) is 1. The van der Waals surface area contributed by atoms with Gasteiger partial charge in [0.15, 0.2) is 0 Å². The van der Waals surface area contributed by atoms with E-state index in [1.807, 2.05) is 0 Å². The van der Waals surface area contributed by atoms with E-state index < -0.39 is 59.1 Å². The number of alkyl halides is 5. The number of hydrogen-bond acceptors (Lipinski definition) is 5. The molecule has 0 spiro atoms. The van der Waals surface area contributed by atoms with Crippen LogP contribution in [0.1, 0.15) is 35.6 Å². The monoisotopic (exact) mass is 480 g/mol. The van der Waals surface area contributed by atoms with Crippen LogP contribution in [0.2, 0.25) is 0 Å². The summed E-state index contributed by atoms with van der Waals surface area (Å²) in [6.07, 6.45) is -3.96. The Morgan fingerprint density at radius 3 is 2.56 bits per heavy atom. The van der Waals surface area contributed by atoms with Gasteiger partial charge >= 0.3 is 6.18 Å². The highest BCUT2D eigenvalue weighted by Crippen LogP contribution is 2.56. The molecule has 3 heterocycles. The van der Waals surface area contributed by atoms with Crippen molar-refractivity contribution in [2.45, 2.75) is 37.0 Å². The molecule has 1 aliphatic rings. The van der Waals surface area contributed by atoms with Gasteiger partial charge in [-0.3, -0.25) is 9.36 Å². The summed E-state index contributed by atoms with van der Waals surface area (Å²) in [5.41, 5.74) is -3.85. The van der Waals surface area contributed by atoms with Crippen molar-refractivity contribution >= 4 is 11.0 Å². The molecular weight excluding hydrogens is 463 g/mol. The second-order valence-corrected chi connectivity index (χ2v) is 8.39. The van der Waals surface area contributed by atoms with Crippen molar-refractivity contribution in [3.05, 3.63) is 69.9 Å². The van der Waals surface area contributed by atoms with Crippen LogP contribution in [0.5, 0.6) is 0 Å². The van der Waals surface area contributed by atoms with Crippen molar-refractivity contribution in [3.8, 4) is 5.69 Å². The lowest BCUT2D eigenvalue weighted by Gasteiger charge is -2.46. The Kier molecular flexibility index (Phi) is 4.70. The van der Waals surface area contributed by atoms with E-state index in [0.29, 0.717) is 11.8 Å². The highest BCUT2D eigenvalue weighted by Gasteiger charge is 2.60. The van der Waals surface area contributed by atoms with Gasteiger partial charge in [-0.1, -0.05) is 12.1 Å². The maximum absolute atomic E-state index is 14.1. The number of rotatable bonds is 4. The van der Waals surface area contributed by atoms with Gasteiger partial charge in [-0.2, -0.15) is 13.2 Å². The summed E-state index contributed by atoms with van der Waals surface area (Å²) in [5, 5.41) is 17.0. The molecule has 1 aromatic carbocycles. The number of nitrogens with zero attached hydrogens (tertiary/aromatic N) is 5. The Morgan fingerprint density at radius 2 is 1.97 bits per heavy atom. The molecule has 0 atom stereocenters. The smallest absolute Gasteiger partial charge is 0.388 e. The van der Waals surface area contributed by atoms with Gasteiger partial charge in [0, 0.05) is 31.8 Å². The number of aryl methyl sites for hydroxylation is 1. The van der Waals surface area contributed by atoms with Gasteiger partial charge in [-0.25, -0.2) is 13.8 Å². The van der Waals surface area contributed by atoms with Crippen molar-refractivity contribution < 1.29 is 27.1 Å². The van der Waals surface area contributed by atoms with Crippen molar-refractivity contribution in [1.82, 2.24) is 29.3 Å². The summed E-state index contributed by atoms with van der Waals surface area (Å²) >= 11 is 0. The number of fused-ring (bicyclic) bond motifs is 1. The molecule has 1 saturated carbocycles. The third kappa shape index (κ3) is 3.30. The van der Waals surface area contributed by atoms with Gasteiger partial charge in [0.1, 0.15) is 41.2 Å². The van der Waals surface area contributed by atoms with Crippen LogP contribution in [-0.2, 0) is 25.2 Å². The van der Waals surface area contributed by atoms with Crippen LogP contribution in [0.3, 0.4) is 0 Å². The van der Waals surface area contributed by atoms with Crippen molar-refractivity contribution in [3.63, 3.8) is 0 Å². The summed E-state index contributed by atoms with van der Waals surface area (Å²) < 4.78 is 71.7. The number of aliphatic hydroxyl groups is 1. The number of hydrogen-bond donors (Lipinski definition) is 2. The first-order chi connectivity index (χ1) is 15.9. The van der Waals surface area contributed by atoms with Crippen molar-refractivity contribution in [2.75, 3.05) is 0 Å². The van der Waals surface area contributed by atoms with Crippen LogP contribution in [0.25, 0.3) is 16.7 Å². The van der Waals surface area contributed by atoms with E-state index >= 15 is 0 Å². The zero-order chi connectivity index (χ0) is 24.5. The molecule has 1 fully saturated rings. The van der Waals surface area contributed by atoms with Gasteiger partial charge in [0.2, 0.25) is 0 Å². The second kappa shape index (κ2) is 7.19. The number of aromatic nitrogens is 6. The summed E-state index contributed by atoms with van der Waals surface area (Å²) in [6, 6.07) is 5.86. The molecule has 5 rings (SSSR count). The van der Waals surface area contributed by atoms with E-state index in [1.165, 1.54) is 29.1 Å². The van der Waals surface area contributed by atoms with Crippen molar-refractivity contribution in [2.24, 2.45) is 7.05 Å². The van der Waals surface area contributed by atoms with E-state index in [1.54, 1.807) is 13.1 Å². The largest absolute Gasteiger partial charge is 0.419 e. The van der Waals surface area contributed by atoms with Crippen LogP contribution in [0, 0.1) is 0 Å². The summed E-state index contributed by atoms with van der Waals surface area (Å²) in [5.74, 6) is -2.85. The predicted molar refractivity (Wildman–Crippen MR) is 109 cm³/mol. The first-order valence-corrected chi connectivity index (χ1v) is 10.1. The molecule has 0 amide bonds. The summed E-state index contributed by atoms with van der Waals surface area (Å²) in [6.45, 7) is -0.685. The van der Waals surface area contributed by atoms with Crippen molar-refractivity contribution in [1.29, 1.82) is 0 Å². The van der Waals surface area contributed by atoms with E-state index in [9.17, 15) is 31.9 Å². The number of halogens is 5. The first kappa shape index (κ1) is 22.2. The first-order valence-electron chi connectivity index (χ1n) is 10.1. The van der Waals surface area contributed by atoms with Gasteiger partial charge < -0.3 is 14.7 Å². The predicted octanol–water partition coefficient (Wildman–Crippen LogP) is 3.07. The summed E-state index contributed by atoms with van der Waals surface area (Å²) in [4.78, 5) is 19.2. The lowest BCUT2D eigenvalue weighted by molar-refractivity contribution is -0.136. The molecule has 4 aromatic rings. The number of imidazole rings is 1. The number of aliphatic hydroxyl groups excluding tert-OH is 1. The Labute approximate surface area is 187 Å². The van der Waals surface area contributed by atoms with Gasteiger partial charge in [-0.05, 0) is 17.7 Å². The van der Waals surface area contributed by atoms with E-state index in [-0.39, 0.29) is 17.3 Å². The molecule has 2 N–H and O–H groups in total.